The van der Waals surface area contributed by atoms with E-state index >= 15 is 0 Å². The lowest BCUT2D eigenvalue weighted by Crippen LogP contribution is -2.28. The molecule has 0 unspecified atom stereocenters. The predicted molar refractivity (Wildman–Crippen MR) is 105 cm³/mol. The van der Waals surface area contributed by atoms with Crippen LogP contribution in [0, 0.1) is 0 Å². The van der Waals surface area contributed by atoms with Crippen molar-refractivity contribution in [1.82, 2.24) is 8.61 Å². The summed E-state index contributed by atoms with van der Waals surface area (Å²) in [7, 11) is -5.87. The van der Waals surface area contributed by atoms with Gasteiger partial charge in [-0.3, -0.25) is 0 Å². The summed E-state index contributed by atoms with van der Waals surface area (Å²) in [4.78, 5) is 0.148. The van der Waals surface area contributed by atoms with E-state index in [4.69, 9.17) is 11.6 Å². The first-order chi connectivity index (χ1) is 12.7. The van der Waals surface area contributed by atoms with Crippen molar-refractivity contribution in [3.63, 3.8) is 0 Å². The van der Waals surface area contributed by atoms with E-state index in [2.05, 4.69) is 0 Å². The standard InChI is InChI=1S/C18H21ClN2O4S2/c1-20(14-15-6-2-3-7-18(15)19)26(22,23)16-8-10-17(11-9-16)27(24,25)21-12-4-5-13-21/h2-3,6-11H,4-5,12-14H2,1H3. The third-order valence-corrected chi connectivity index (χ3v) is 8.68. The van der Waals surface area contributed by atoms with Crippen LogP contribution in [-0.4, -0.2) is 45.6 Å². The van der Waals surface area contributed by atoms with Crippen molar-refractivity contribution in [3.8, 4) is 0 Å². The fraction of sp³-hybridized carbons (Fsp3) is 0.333. The van der Waals surface area contributed by atoms with E-state index in [0.29, 0.717) is 23.7 Å². The molecule has 0 spiro atoms. The van der Waals surface area contributed by atoms with Gasteiger partial charge in [0, 0.05) is 31.7 Å². The highest BCUT2D eigenvalue weighted by molar-refractivity contribution is 7.89. The summed E-state index contributed by atoms with van der Waals surface area (Å²) in [6.07, 6.45) is 1.69. The summed E-state index contributed by atoms with van der Waals surface area (Å²) in [5.41, 5.74) is 0.693. The van der Waals surface area contributed by atoms with Gasteiger partial charge in [-0.05, 0) is 48.7 Å². The summed E-state index contributed by atoms with van der Waals surface area (Å²) in [6.45, 7) is 1.13. The Labute approximate surface area is 165 Å². The van der Waals surface area contributed by atoms with Gasteiger partial charge in [-0.25, -0.2) is 16.8 Å². The molecule has 3 rings (SSSR count). The maximum Gasteiger partial charge on any atom is 0.243 e. The SMILES string of the molecule is CN(Cc1ccccc1Cl)S(=O)(=O)c1ccc(S(=O)(=O)N2CCCC2)cc1. The fourth-order valence-corrected chi connectivity index (χ4v) is 5.85. The van der Waals surface area contributed by atoms with Gasteiger partial charge in [0.2, 0.25) is 20.0 Å². The lowest BCUT2D eigenvalue weighted by molar-refractivity contribution is 0.466. The second-order valence-electron chi connectivity index (χ2n) is 6.44. The Bertz CT molecular complexity index is 1020. The van der Waals surface area contributed by atoms with Gasteiger partial charge in [-0.1, -0.05) is 29.8 Å². The molecule has 2 aromatic rings. The van der Waals surface area contributed by atoms with Crippen LogP contribution in [0.3, 0.4) is 0 Å². The van der Waals surface area contributed by atoms with Crippen molar-refractivity contribution in [2.45, 2.75) is 29.2 Å². The quantitative estimate of drug-likeness (QED) is 0.708. The Morgan fingerprint density at radius 1 is 0.926 bits per heavy atom. The first-order valence-electron chi connectivity index (χ1n) is 8.53. The molecule has 0 radical (unpaired) electrons. The summed E-state index contributed by atoms with van der Waals surface area (Å²) in [6, 6.07) is 12.4. The molecule has 1 heterocycles. The van der Waals surface area contributed by atoms with Crippen LogP contribution < -0.4 is 0 Å². The Morgan fingerprint density at radius 2 is 1.48 bits per heavy atom. The highest BCUT2D eigenvalue weighted by Crippen LogP contribution is 2.24. The lowest BCUT2D eigenvalue weighted by atomic mass is 10.2. The van der Waals surface area contributed by atoms with Gasteiger partial charge >= 0.3 is 0 Å². The molecule has 6 nitrogen and oxygen atoms in total. The number of halogens is 1. The van der Waals surface area contributed by atoms with E-state index in [-0.39, 0.29) is 16.3 Å². The molecule has 1 saturated heterocycles. The van der Waals surface area contributed by atoms with E-state index in [1.54, 1.807) is 24.3 Å². The van der Waals surface area contributed by atoms with Gasteiger partial charge in [-0.2, -0.15) is 8.61 Å². The normalized spacial score (nSPS) is 16.1. The molecule has 0 aromatic heterocycles. The second-order valence-corrected chi connectivity index (χ2v) is 10.8. The highest BCUT2D eigenvalue weighted by atomic mass is 35.5. The van der Waals surface area contributed by atoms with Gasteiger partial charge in [0.25, 0.3) is 0 Å². The molecule has 1 fully saturated rings. The minimum atomic E-state index is -3.77. The molecule has 1 aliphatic rings. The smallest absolute Gasteiger partial charge is 0.207 e. The zero-order chi connectivity index (χ0) is 19.7. The zero-order valence-corrected chi connectivity index (χ0v) is 17.3. The number of hydrogen-bond acceptors (Lipinski definition) is 4. The van der Waals surface area contributed by atoms with Gasteiger partial charge < -0.3 is 0 Å². The molecule has 2 aromatic carbocycles. The molecule has 0 amide bonds. The molecule has 0 aliphatic carbocycles. The van der Waals surface area contributed by atoms with Crippen LogP contribution in [-0.2, 0) is 26.6 Å². The van der Waals surface area contributed by atoms with Crippen LogP contribution in [0.25, 0.3) is 0 Å². The zero-order valence-electron chi connectivity index (χ0n) is 14.9. The second kappa shape index (κ2) is 7.89. The van der Waals surface area contributed by atoms with E-state index in [1.165, 1.54) is 39.9 Å². The number of sulfonamides is 2. The van der Waals surface area contributed by atoms with E-state index < -0.39 is 20.0 Å². The molecular weight excluding hydrogens is 408 g/mol. The Hall–Kier alpha value is -1.45. The fourth-order valence-electron chi connectivity index (χ4n) is 2.99. The van der Waals surface area contributed by atoms with Crippen LogP contribution >= 0.6 is 11.6 Å². The van der Waals surface area contributed by atoms with Crippen molar-refractivity contribution < 1.29 is 16.8 Å². The summed E-state index contributed by atoms with van der Waals surface area (Å²) < 4.78 is 53.3. The first kappa shape index (κ1) is 20.3. The van der Waals surface area contributed by atoms with Gasteiger partial charge in [0.1, 0.15) is 0 Å². The molecule has 0 atom stereocenters. The molecule has 0 N–H and O–H groups in total. The van der Waals surface area contributed by atoms with Crippen molar-refractivity contribution >= 4 is 31.6 Å². The monoisotopic (exact) mass is 428 g/mol. The van der Waals surface area contributed by atoms with Crippen molar-refractivity contribution in [2.24, 2.45) is 0 Å². The lowest BCUT2D eigenvalue weighted by Gasteiger charge is -2.19. The van der Waals surface area contributed by atoms with Gasteiger partial charge in [0.15, 0.2) is 0 Å². The maximum absolute atomic E-state index is 12.8. The van der Waals surface area contributed by atoms with E-state index in [1.807, 2.05) is 0 Å². The molecule has 0 bridgehead atoms. The molecule has 146 valence electrons. The molecule has 27 heavy (non-hydrogen) atoms. The Balaban J connectivity index is 1.82. The average Bonchev–Trinajstić information content (AvgIpc) is 3.19. The highest BCUT2D eigenvalue weighted by Gasteiger charge is 2.28. The minimum Gasteiger partial charge on any atom is -0.207 e. The minimum absolute atomic E-state index is 0.0393. The number of nitrogens with zero attached hydrogens (tertiary/aromatic N) is 2. The number of hydrogen-bond donors (Lipinski definition) is 0. The summed E-state index contributed by atoms with van der Waals surface area (Å²) in [5.74, 6) is 0. The van der Waals surface area contributed by atoms with Crippen LogP contribution in [0.2, 0.25) is 5.02 Å². The van der Waals surface area contributed by atoms with E-state index in [9.17, 15) is 16.8 Å². The third-order valence-electron chi connectivity index (χ3n) is 4.59. The topological polar surface area (TPSA) is 74.8 Å². The molecular formula is C18H21ClN2O4S2. The molecule has 0 saturated carbocycles. The van der Waals surface area contributed by atoms with Crippen molar-refractivity contribution in [3.05, 3.63) is 59.1 Å². The van der Waals surface area contributed by atoms with E-state index in [0.717, 1.165) is 12.8 Å². The summed E-state index contributed by atoms with van der Waals surface area (Å²) >= 11 is 6.10. The molecule has 1 aliphatic heterocycles. The summed E-state index contributed by atoms with van der Waals surface area (Å²) in [5, 5.41) is 0.492. The van der Waals surface area contributed by atoms with Crippen LogP contribution in [0.15, 0.2) is 58.3 Å². The average molecular weight is 429 g/mol. The Morgan fingerprint density at radius 3 is 2.07 bits per heavy atom. The van der Waals surface area contributed by atoms with Crippen molar-refractivity contribution in [2.75, 3.05) is 20.1 Å². The van der Waals surface area contributed by atoms with Crippen LogP contribution in [0.1, 0.15) is 18.4 Å². The van der Waals surface area contributed by atoms with Gasteiger partial charge in [0.05, 0.1) is 9.79 Å². The van der Waals surface area contributed by atoms with Gasteiger partial charge in [-0.15, -0.1) is 0 Å². The predicted octanol–water partition coefficient (Wildman–Crippen LogP) is 2.95. The number of benzene rings is 2. The first-order valence-corrected chi connectivity index (χ1v) is 11.8. The third kappa shape index (κ3) is 4.20. The van der Waals surface area contributed by atoms with Crippen LogP contribution in [0.4, 0.5) is 0 Å². The molecule has 9 heteroatoms. The van der Waals surface area contributed by atoms with Crippen molar-refractivity contribution in [1.29, 1.82) is 0 Å². The van der Waals surface area contributed by atoms with Crippen LogP contribution in [0.5, 0.6) is 0 Å². The maximum atomic E-state index is 12.8. The number of rotatable bonds is 6. The Kier molecular flexibility index (Phi) is 5.93. The largest absolute Gasteiger partial charge is 0.243 e.